The maximum Gasteiger partial charge on any atom is 0.138 e. The van der Waals surface area contributed by atoms with Crippen LogP contribution in [0.2, 0.25) is 0 Å². The van der Waals surface area contributed by atoms with E-state index < -0.39 is 0 Å². The van der Waals surface area contributed by atoms with Crippen molar-refractivity contribution in [3.05, 3.63) is 54.5 Å². The normalized spacial score (nSPS) is 10.7. The Bertz CT molecular complexity index is 662. The van der Waals surface area contributed by atoms with Crippen molar-refractivity contribution < 1.29 is 9.84 Å². The van der Waals surface area contributed by atoms with Crippen LogP contribution in [0.5, 0.6) is 11.5 Å². The fourth-order valence-electron chi connectivity index (χ4n) is 1.85. The molecule has 4 nitrogen and oxygen atoms in total. The Labute approximate surface area is 104 Å². The van der Waals surface area contributed by atoms with Crippen LogP contribution in [-0.4, -0.2) is 15.1 Å². The Hall–Kier alpha value is -2.49. The second-order valence-electron chi connectivity index (χ2n) is 4.04. The lowest BCUT2D eigenvalue weighted by molar-refractivity contribution is 0.301. The summed E-state index contributed by atoms with van der Waals surface area (Å²) in [6.45, 7) is 0.446. The molecule has 2 heterocycles. The highest BCUT2D eigenvalue weighted by molar-refractivity contribution is 5.81. The third-order valence-electron chi connectivity index (χ3n) is 2.69. The van der Waals surface area contributed by atoms with Crippen molar-refractivity contribution in [1.29, 1.82) is 0 Å². The average Bonchev–Trinajstić information content (AvgIpc) is 2.79. The molecule has 0 aliphatic heterocycles. The smallest absolute Gasteiger partial charge is 0.138 e. The number of aromatic amines is 1. The summed E-state index contributed by atoms with van der Waals surface area (Å²) in [5, 5.41) is 10.4. The molecule has 0 radical (unpaired) electrons. The highest BCUT2D eigenvalue weighted by Crippen LogP contribution is 2.21. The maximum absolute atomic E-state index is 9.39. The first-order chi connectivity index (χ1) is 8.81. The van der Waals surface area contributed by atoms with Crippen molar-refractivity contribution in [2.45, 2.75) is 6.61 Å². The van der Waals surface area contributed by atoms with E-state index in [1.165, 1.54) is 0 Å². The first kappa shape index (κ1) is 10.7. The molecule has 0 unspecified atom stereocenters. The van der Waals surface area contributed by atoms with Gasteiger partial charge >= 0.3 is 0 Å². The topological polar surface area (TPSA) is 58.1 Å². The van der Waals surface area contributed by atoms with Gasteiger partial charge in [0.05, 0.1) is 11.9 Å². The third kappa shape index (κ3) is 2.13. The molecule has 2 N–H and O–H groups in total. The highest BCUT2D eigenvalue weighted by atomic mass is 16.5. The Morgan fingerprint density at radius 3 is 3.00 bits per heavy atom. The van der Waals surface area contributed by atoms with Gasteiger partial charge in [-0.1, -0.05) is 0 Å². The van der Waals surface area contributed by atoms with Crippen LogP contribution in [0, 0.1) is 0 Å². The van der Waals surface area contributed by atoms with Gasteiger partial charge in [0.2, 0.25) is 0 Å². The van der Waals surface area contributed by atoms with Gasteiger partial charge in [-0.05, 0) is 30.3 Å². The minimum Gasteiger partial charge on any atom is -0.508 e. The van der Waals surface area contributed by atoms with Crippen LogP contribution in [0.4, 0.5) is 0 Å². The largest absolute Gasteiger partial charge is 0.508 e. The molecule has 1 aromatic carbocycles. The lowest BCUT2D eigenvalue weighted by Gasteiger charge is -2.02. The molecule has 0 saturated carbocycles. The highest BCUT2D eigenvalue weighted by Gasteiger charge is 2.02. The molecule has 18 heavy (non-hydrogen) atoms. The van der Waals surface area contributed by atoms with Crippen molar-refractivity contribution in [1.82, 2.24) is 9.97 Å². The summed E-state index contributed by atoms with van der Waals surface area (Å²) in [6.07, 6.45) is 3.38. The Kier molecular flexibility index (Phi) is 2.61. The summed E-state index contributed by atoms with van der Waals surface area (Å²) in [5.74, 6) is 0.989. The van der Waals surface area contributed by atoms with Crippen molar-refractivity contribution >= 4 is 10.9 Å². The number of benzene rings is 1. The SMILES string of the molecule is Oc1ccc2cc(COc3cccnc3)[nH]c2c1. The second-order valence-corrected chi connectivity index (χ2v) is 4.04. The molecule has 0 aliphatic carbocycles. The van der Waals surface area contributed by atoms with E-state index in [2.05, 4.69) is 9.97 Å². The number of pyridine rings is 1. The molecule has 0 aliphatic rings. The molecule has 2 aromatic heterocycles. The zero-order valence-corrected chi connectivity index (χ0v) is 9.63. The summed E-state index contributed by atoms with van der Waals surface area (Å²) in [4.78, 5) is 7.18. The average molecular weight is 240 g/mol. The van der Waals surface area contributed by atoms with Crippen LogP contribution in [0.15, 0.2) is 48.8 Å². The molecule has 0 saturated heterocycles. The zero-order chi connectivity index (χ0) is 12.4. The van der Waals surface area contributed by atoms with E-state index in [1.54, 1.807) is 24.5 Å². The predicted octanol–water partition coefficient (Wildman–Crippen LogP) is 2.85. The number of H-pyrrole nitrogens is 1. The van der Waals surface area contributed by atoms with Crippen molar-refractivity contribution in [2.75, 3.05) is 0 Å². The fraction of sp³-hybridized carbons (Fsp3) is 0.0714. The van der Waals surface area contributed by atoms with Gasteiger partial charge in [-0.2, -0.15) is 0 Å². The summed E-state index contributed by atoms with van der Waals surface area (Å²) < 4.78 is 5.60. The fourth-order valence-corrected chi connectivity index (χ4v) is 1.85. The van der Waals surface area contributed by atoms with E-state index in [0.29, 0.717) is 6.61 Å². The molecule has 0 bridgehead atoms. The molecule has 90 valence electrons. The maximum atomic E-state index is 9.39. The van der Waals surface area contributed by atoms with Gasteiger partial charge < -0.3 is 14.8 Å². The summed E-state index contributed by atoms with van der Waals surface area (Å²) >= 11 is 0. The van der Waals surface area contributed by atoms with Crippen molar-refractivity contribution in [3.63, 3.8) is 0 Å². The Morgan fingerprint density at radius 1 is 1.22 bits per heavy atom. The monoisotopic (exact) mass is 240 g/mol. The number of nitrogens with one attached hydrogen (secondary N) is 1. The van der Waals surface area contributed by atoms with Gasteiger partial charge in [-0.25, -0.2) is 0 Å². The number of aromatic nitrogens is 2. The van der Waals surface area contributed by atoms with Crippen LogP contribution in [-0.2, 0) is 6.61 Å². The van der Waals surface area contributed by atoms with E-state index in [0.717, 1.165) is 22.3 Å². The molecule has 0 fully saturated rings. The van der Waals surface area contributed by atoms with Crippen molar-refractivity contribution in [3.8, 4) is 11.5 Å². The van der Waals surface area contributed by atoms with Gasteiger partial charge in [-0.15, -0.1) is 0 Å². The van der Waals surface area contributed by atoms with E-state index in [1.807, 2.05) is 24.3 Å². The number of phenols is 1. The molecule has 0 atom stereocenters. The zero-order valence-electron chi connectivity index (χ0n) is 9.63. The number of hydrogen-bond donors (Lipinski definition) is 2. The third-order valence-corrected chi connectivity index (χ3v) is 2.69. The standard InChI is InChI=1S/C14H12N2O2/c17-12-4-3-10-6-11(16-14(10)7-12)9-18-13-2-1-5-15-8-13/h1-8,16-17H,9H2. The van der Waals surface area contributed by atoms with E-state index in [4.69, 9.17) is 4.74 Å². The molecule has 4 heteroatoms. The van der Waals surface area contributed by atoms with Gasteiger partial charge in [0.25, 0.3) is 0 Å². The van der Waals surface area contributed by atoms with Gasteiger partial charge in [0.15, 0.2) is 0 Å². The van der Waals surface area contributed by atoms with Crippen LogP contribution < -0.4 is 4.74 Å². The number of ether oxygens (including phenoxy) is 1. The molecular formula is C14H12N2O2. The number of aromatic hydroxyl groups is 1. The number of phenolic OH excluding ortho intramolecular Hbond substituents is 1. The number of rotatable bonds is 3. The summed E-state index contributed by atoms with van der Waals surface area (Å²) in [7, 11) is 0. The molecule has 0 spiro atoms. The van der Waals surface area contributed by atoms with Crippen LogP contribution in [0.25, 0.3) is 10.9 Å². The number of hydrogen-bond acceptors (Lipinski definition) is 3. The van der Waals surface area contributed by atoms with Crippen LogP contribution in [0.3, 0.4) is 0 Å². The predicted molar refractivity (Wildman–Crippen MR) is 68.5 cm³/mol. The quantitative estimate of drug-likeness (QED) is 0.740. The van der Waals surface area contributed by atoms with Crippen LogP contribution in [0.1, 0.15) is 5.69 Å². The lowest BCUT2D eigenvalue weighted by Crippen LogP contribution is -1.95. The Balaban J connectivity index is 1.79. The van der Waals surface area contributed by atoms with E-state index in [-0.39, 0.29) is 5.75 Å². The Morgan fingerprint density at radius 2 is 2.17 bits per heavy atom. The first-order valence-corrected chi connectivity index (χ1v) is 5.65. The van der Waals surface area contributed by atoms with E-state index >= 15 is 0 Å². The summed E-state index contributed by atoms with van der Waals surface area (Å²) in [6, 6.07) is 10.9. The van der Waals surface area contributed by atoms with Crippen LogP contribution >= 0.6 is 0 Å². The number of fused-ring (bicyclic) bond motifs is 1. The minimum atomic E-state index is 0.254. The van der Waals surface area contributed by atoms with Gasteiger partial charge in [0, 0.05) is 23.2 Å². The van der Waals surface area contributed by atoms with Gasteiger partial charge in [-0.3, -0.25) is 4.98 Å². The van der Waals surface area contributed by atoms with E-state index in [9.17, 15) is 5.11 Å². The summed E-state index contributed by atoms with van der Waals surface area (Å²) in [5.41, 5.74) is 1.86. The number of nitrogens with zero attached hydrogens (tertiary/aromatic N) is 1. The van der Waals surface area contributed by atoms with Crippen molar-refractivity contribution in [2.24, 2.45) is 0 Å². The lowest BCUT2D eigenvalue weighted by atomic mass is 10.2. The first-order valence-electron chi connectivity index (χ1n) is 5.65. The second kappa shape index (κ2) is 4.41. The van der Waals surface area contributed by atoms with Gasteiger partial charge in [0.1, 0.15) is 18.1 Å². The molecule has 3 rings (SSSR count). The minimum absolute atomic E-state index is 0.254. The molecule has 0 amide bonds. The molecular weight excluding hydrogens is 228 g/mol. The molecule has 3 aromatic rings.